The number of halogens is 1. The molecule has 3 aliphatic heterocycles. The third kappa shape index (κ3) is 3.98. The van der Waals surface area contributed by atoms with Crippen molar-refractivity contribution in [1.82, 2.24) is 9.91 Å². The summed E-state index contributed by atoms with van der Waals surface area (Å²) in [6, 6.07) is 14.4. The molecule has 3 heterocycles. The van der Waals surface area contributed by atoms with Crippen LogP contribution in [0.4, 0.5) is 11.4 Å². The Labute approximate surface area is 188 Å². The van der Waals surface area contributed by atoms with Gasteiger partial charge in [-0.1, -0.05) is 35.9 Å². The molecule has 7 heteroatoms. The van der Waals surface area contributed by atoms with Gasteiger partial charge in [0.25, 0.3) is 0 Å². The molecule has 2 aromatic carbocycles. The molecule has 1 fully saturated rings. The lowest BCUT2D eigenvalue weighted by molar-refractivity contribution is -0.626. The third-order valence-electron chi connectivity index (χ3n) is 6.42. The van der Waals surface area contributed by atoms with Gasteiger partial charge < -0.3 is 10.1 Å². The maximum absolute atomic E-state index is 12.9. The molecule has 5 rings (SSSR count). The highest BCUT2D eigenvalue weighted by Gasteiger charge is 2.37. The van der Waals surface area contributed by atoms with E-state index in [0.29, 0.717) is 6.67 Å². The number of amidine groups is 1. The minimum atomic E-state index is 0.615. The number of para-hydroxylation sites is 1. The molecule has 0 amide bonds. The van der Waals surface area contributed by atoms with Crippen molar-refractivity contribution in [3.05, 3.63) is 69.9 Å². The average molecular weight is 438 g/mol. The Morgan fingerprint density at radius 3 is 2.61 bits per heavy atom. The molecule has 0 N–H and O–H groups in total. The van der Waals surface area contributed by atoms with E-state index in [9.17, 15) is 5.21 Å². The van der Waals surface area contributed by atoms with Crippen molar-refractivity contribution in [3.63, 3.8) is 0 Å². The minimum Gasteiger partial charge on any atom is -0.692 e. The summed E-state index contributed by atoms with van der Waals surface area (Å²) in [6.07, 6.45) is 4.95. The number of anilines is 2. The fourth-order valence-corrected chi connectivity index (χ4v) is 4.95. The van der Waals surface area contributed by atoms with E-state index in [1.165, 1.54) is 16.8 Å². The van der Waals surface area contributed by atoms with Crippen molar-refractivity contribution in [2.75, 3.05) is 55.7 Å². The van der Waals surface area contributed by atoms with Crippen LogP contribution in [0.15, 0.2) is 48.5 Å². The molecule has 0 radical (unpaired) electrons. The van der Waals surface area contributed by atoms with Crippen molar-refractivity contribution in [3.8, 4) is 0 Å². The first-order chi connectivity index (χ1) is 15.1. The fourth-order valence-electron chi connectivity index (χ4n) is 4.77. The number of rotatable bonds is 5. The van der Waals surface area contributed by atoms with E-state index < -0.39 is 0 Å². The van der Waals surface area contributed by atoms with Gasteiger partial charge in [-0.3, -0.25) is 4.90 Å². The Balaban J connectivity index is 1.14. The number of hydrazone groups is 1. The Hall–Kier alpha value is -2.70. The summed E-state index contributed by atoms with van der Waals surface area (Å²) >= 11 is 6.14. The number of piperazine rings is 1. The van der Waals surface area contributed by atoms with Gasteiger partial charge in [-0.05, 0) is 43.2 Å². The maximum atomic E-state index is 12.9. The summed E-state index contributed by atoms with van der Waals surface area (Å²) in [7, 11) is 0. The first-order valence-electron chi connectivity index (χ1n) is 11.0. The lowest BCUT2D eigenvalue weighted by Crippen LogP contribution is -2.47. The van der Waals surface area contributed by atoms with E-state index in [4.69, 9.17) is 11.6 Å². The van der Waals surface area contributed by atoms with E-state index in [-0.39, 0.29) is 0 Å². The number of nitrogens with zero attached hydrogens (tertiary/aromatic N) is 5. The second-order valence-electron chi connectivity index (χ2n) is 8.44. The molecule has 3 aliphatic rings. The number of hydrazine groups is 1. The standard InChI is InChI=1S/C24H28ClN5O/c1-19-5-2-6-20-9-10-23-29(24(19)20)18-28(30(23)31)12-4-11-26-13-15-27(16-14-26)22-8-3-7-21(25)17-22/h2-3,5-10,17H,4,11-16,18H2,1H3. The third-order valence-corrected chi connectivity index (χ3v) is 6.66. The molecular formula is C24H28ClN5O. The Morgan fingerprint density at radius 1 is 1.00 bits per heavy atom. The van der Waals surface area contributed by atoms with Crippen molar-refractivity contribution < 1.29 is 4.85 Å². The molecule has 2 aromatic rings. The molecule has 0 unspecified atom stereocenters. The van der Waals surface area contributed by atoms with Crippen LogP contribution in [0, 0.1) is 12.1 Å². The van der Waals surface area contributed by atoms with Crippen molar-refractivity contribution >= 4 is 34.9 Å². The Bertz CT molecular complexity index is 1030. The molecule has 0 aliphatic carbocycles. The molecule has 1 saturated heterocycles. The molecule has 31 heavy (non-hydrogen) atoms. The first kappa shape index (κ1) is 20.2. The molecule has 0 atom stereocenters. The molecule has 0 bridgehead atoms. The summed E-state index contributed by atoms with van der Waals surface area (Å²) in [5, 5.41) is 15.5. The van der Waals surface area contributed by atoms with E-state index in [2.05, 4.69) is 45.9 Å². The van der Waals surface area contributed by atoms with Crippen LogP contribution in [-0.4, -0.2) is 66.5 Å². The molecule has 0 spiro atoms. The zero-order valence-corrected chi connectivity index (χ0v) is 18.6. The molecular weight excluding hydrogens is 410 g/mol. The average Bonchev–Trinajstić information content (AvgIpc) is 3.10. The largest absolute Gasteiger partial charge is 0.692 e. The monoisotopic (exact) mass is 437 g/mol. The number of fused-ring (bicyclic) bond motifs is 3. The van der Waals surface area contributed by atoms with E-state index in [1.54, 1.807) is 0 Å². The van der Waals surface area contributed by atoms with Gasteiger partial charge in [-0.25, -0.2) is 9.91 Å². The van der Waals surface area contributed by atoms with Gasteiger partial charge in [0.05, 0.1) is 6.54 Å². The van der Waals surface area contributed by atoms with Crippen LogP contribution in [-0.2, 0) is 0 Å². The smallest absolute Gasteiger partial charge is 0.305 e. The lowest BCUT2D eigenvalue weighted by Gasteiger charge is -2.36. The van der Waals surface area contributed by atoms with Gasteiger partial charge in [0, 0.05) is 55.1 Å². The van der Waals surface area contributed by atoms with Gasteiger partial charge in [0.15, 0.2) is 6.67 Å². The summed E-state index contributed by atoms with van der Waals surface area (Å²) in [5.41, 5.74) is 4.73. The normalized spacial score (nSPS) is 18.6. The van der Waals surface area contributed by atoms with Crippen molar-refractivity contribution in [2.24, 2.45) is 0 Å². The minimum absolute atomic E-state index is 0.615. The second kappa shape index (κ2) is 8.44. The van der Waals surface area contributed by atoms with Gasteiger partial charge in [-0.2, -0.15) is 4.85 Å². The predicted octanol–water partition coefficient (Wildman–Crippen LogP) is 3.79. The van der Waals surface area contributed by atoms with Crippen molar-refractivity contribution in [2.45, 2.75) is 13.3 Å². The Morgan fingerprint density at radius 2 is 1.81 bits per heavy atom. The summed E-state index contributed by atoms with van der Waals surface area (Å²) in [5.74, 6) is 0.719. The number of hydrogen-bond donors (Lipinski definition) is 0. The topological polar surface area (TPSA) is 39.0 Å². The van der Waals surface area contributed by atoms with Crippen LogP contribution < -0.4 is 9.80 Å². The number of hydrogen-bond acceptors (Lipinski definition) is 5. The molecule has 6 nitrogen and oxygen atoms in total. The summed E-state index contributed by atoms with van der Waals surface area (Å²) in [4.78, 5) is 8.10. The summed E-state index contributed by atoms with van der Waals surface area (Å²) in [6.45, 7) is 8.56. The molecule has 162 valence electrons. The van der Waals surface area contributed by atoms with Crippen LogP contribution in [0.3, 0.4) is 0 Å². The second-order valence-corrected chi connectivity index (χ2v) is 8.88. The van der Waals surface area contributed by atoms with E-state index in [1.807, 2.05) is 35.4 Å². The highest BCUT2D eigenvalue weighted by molar-refractivity contribution is 6.30. The quantitative estimate of drug-likeness (QED) is 0.525. The first-order valence-corrected chi connectivity index (χ1v) is 11.3. The zero-order chi connectivity index (χ0) is 21.4. The highest BCUT2D eigenvalue weighted by Crippen LogP contribution is 2.32. The Kier molecular flexibility index (Phi) is 5.50. The van der Waals surface area contributed by atoms with Crippen LogP contribution in [0.5, 0.6) is 0 Å². The zero-order valence-electron chi connectivity index (χ0n) is 17.9. The summed E-state index contributed by atoms with van der Waals surface area (Å²) < 4.78 is 0. The van der Waals surface area contributed by atoms with Gasteiger partial charge in [0.2, 0.25) is 0 Å². The van der Waals surface area contributed by atoms with Crippen LogP contribution >= 0.6 is 11.6 Å². The SMILES string of the molecule is Cc1cccc2c1N1CN(CCCN3CCN(c4cccc(Cl)c4)CC3)[N+]([O-])=C1C=C2. The number of aryl methyl sites for hydroxylation is 1. The number of benzene rings is 2. The van der Waals surface area contributed by atoms with Crippen LogP contribution in [0.1, 0.15) is 17.5 Å². The predicted molar refractivity (Wildman–Crippen MR) is 128 cm³/mol. The van der Waals surface area contributed by atoms with Gasteiger partial charge in [0.1, 0.15) is 5.69 Å². The fraction of sp³-hybridized carbons (Fsp3) is 0.375. The molecule has 0 saturated carbocycles. The van der Waals surface area contributed by atoms with Gasteiger partial charge >= 0.3 is 5.84 Å². The van der Waals surface area contributed by atoms with Crippen LogP contribution in [0.2, 0.25) is 5.02 Å². The highest BCUT2D eigenvalue weighted by atomic mass is 35.5. The van der Waals surface area contributed by atoms with E-state index >= 15 is 0 Å². The maximum Gasteiger partial charge on any atom is 0.305 e. The van der Waals surface area contributed by atoms with E-state index in [0.717, 1.165) is 67.1 Å². The lowest BCUT2D eigenvalue weighted by atomic mass is 10.0. The molecule has 0 aromatic heterocycles. The van der Waals surface area contributed by atoms with Gasteiger partial charge in [-0.15, -0.1) is 0 Å². The van der Waals surface area contributed by atoms with Crippen LogP contribution in [0.25, 0.3) is 6.08 Å². The van der Waals surface area contributed by atoms with Crippen molar-refractivity contribution in [1.29, 1.82) is 0 Å².